The molecule has 104 valence electrons. The molecule has 1 aliphatic rings. The van der Waals surface area contributed by atoms with Crippen LogP contribution in [0.25, 0.3) is 6.08 Å². The van der Waals surface area contributed by atoms with Crippen molar-refractivity contribution in [2.24, 2.45) is 4.99 Å². The lowest BCUT2D eigenvalue weighted by Gasteiger charge is -1.95. The van der Waals surface area contributed by atoms with Crippen molar-refractivity contribution < 1.29 is 4.79 Å². The van der Waals surface area contributed by atoms with Gasteiger partial charge in [-0.3, -0.25) is 4.79 Å². The average Bonchev–Trinajstić information content (AvgIpc) is 2.82. The predicted molar refractivity (Wildman–Crippen MR) is 86.5 cm³/mol. The highest BCUT2D eigenvalue weighted by atomic mass is 35.5. The summed E-state index contributed by atoms with van der Waals surface area (Å²) in [6.07, 6.45) is 3.46. The lowest BCUT2D eigenvalue weighted by molar-refractivity contribution is -0.115. The Hall–Kier alpha value is -2.11. The molecule has 1 aromatic heterocycles. The number of aromatic nitrogens is 1. The minimum absolute atomic E-state index is 0.162. The average molecular weight is 316 g/mol. The van der Waals surface area contributed by atoms with Crippen LogP contribution in [0.2, 0.25) is 5.02 Å². The first-order valence-electron chi connectivity index (χ1n) is 6.17. The van der Waals surface area contributed by atoms with Gasteiger partial charge in [0.15, 0.2) is 11.0 Å². The first-order valence-corrected chi connectivity index (χ1v) is 7.36. The predicted octanol–water partition coefficient (Wildman–Crippen LogP) is 3.63. The summed E-state index contributed by atoms with van der Waals surface area (Å²) in [5.74, 6) is 0.401. The third-order valence-corrected chi connectivity index (χ3v) is 3.85. The van der Waals surface area contributed by atoms with Crippen LogP contribution in [0, 0.1) is 0 Å². The van der Waals surface area contributed by atoms with Gasteiger partial charge >= 0.3 is 0 Å². The van der Waals surface area contributed by atoms with E-state index in [4.69, 9.17) is 11.6 Å². The topological polar surface area (TPSA) is 54.4 Å². The Morgan fingerprint density at radius 2 is 2.00 bits per heavy atom. The first kappa shape index (κ1) is 13.9. The molecule has 0 bridgehead atoms. The molecule has 2 heterocycles. The van der Waals surface area contributed by atoms with Gasteiger partial charge in [0.25, 0.3) is 5.91 Å². The van der Waals surface area contributed by atoms with Gasteiger partial charge in [-0.05, 0) is 47.7 Å². The smallest absolute Gasteiger partial charge is 0.264 e. The van der Waals surface area contributed by atoms with Crippen molar-refractivity contribution in [3.05, 3.63) is 64.2 Å². The zero-order valence-corrected chi connectivity index (χ0v) is 12.4. The Bertz CT molecular complexity index is 726. The fraction of sp³-hybridized carbons (Fsp3) is 0. The number of carbonyl (C=O) groups excluding carboxylic acids is 1. The Morgan fingerprint density at radius 3 is 2.71 bits per heavy atom. The number of rotatable bonds is 2. The molecule has 0 unspecified atom stereocenters. The number of thioether (sulfide) groups is 1. The number of pyridine rings is 1. The van der Waals surface area contributed by atoms with E-state index >= 15 is 0 Å². The van der Waals surface area contributed by atoms with Gasteiger partial charge in [0.2, 0.25) is 0 Å². The van der Waals surface area contributed by atoms with Crippen LogP contribution in [0.5, 0.6) is 0 Å². The van der Waals surface area contributed by atoms with Gasteiger partial charge in [-0.15, -0.1) is 0 Å². The molecule has 0 spiro atoms. The molecular formula is C15H10ClN3OS. The van der Waals surface area contributed by atoms with Gasteiger partial charge in [0.05, 0.1) is 4.91 Å². The summed E-state index contributed by atoms with van der Waals surface area (Å²) in [6.45, 7) is 0. The van der Waals surface area contributed by atoms with E-state index in [1.807, 2.05) is 24.3 Å². The molecule has 0 saturated carbocycles. The van der Waals surface area contributed by atoms with E-state index in [1.54, 1.807) is 30.5 Å². The molecular weight excluding hydrogens is 306 g/mol. The number of nitrogens with one attached hydrogen (secondary N) is 1. The molecule has 3 rings (SSSR count). The van der Waals surface area contributed by atoms with E-state index in [0.717, 1.165) is 5.56 Å². The lowest BCUT2D eigenvalue weighted by Crippen LogP contribution is -2.19. The number of hydrogen-bond donors (Lipinski definition) is 1. The van der Waals surface area contributed by atoms with E-state index in [0.29, 0.717) is 20.9 Å². The van der Waals surface area contributed by atoms with Crippen molar-refractivity contribution in [2.75, 3.05) is 0 Å². The number of hydrogen-bond acceptors (Lipinski definition) is 4. The summed E-state index contributed by atoms with van der Waals surface area (Å²) in [5, 5.41) is 3.92. The van der Waals surface area contributed by atoms with Crippen LogP contribution < -0.4 is 5.32 Å². The molecule has 1 amide bonds. The molecule has 1 N–H and O–H groups in total. The molecule has 21 heavy (non-hydrogen) atoms. The Kier molecular flexibility index (Phi) is 4.03. The van der Waals surface area contributed by atoms with Crippen LogP contribution in [0.4, 0.5) is 5.82 Å². The van der Waals surface area contributed by atoms with E-state index in [1.165, 1.54) is 11.8 Å². The maximum Gasteiger partial charge on any atom is 0.264 e. The Labute approximate surface area is 131 Å². The number of amides is 1. The molecule has 0 aliphatic carbocycles. The van der Waals surface area contributed by atoms with E-state index in [9.17, 15) is 4.79 Å². The second-order valence-electron chi connectivity index (χ2n) is 4.22. The standard InChI is InChI=1S/C15H10ClN3OS/c16-11-6-4-10(5-7-11)9-12-14(20)19-15(21-12)18-13-3-1-2-8-17-13/h1-9H,(H,17,18,19,20)/b12-9+. The molecule has 1 saturated heterocycles. The largest absolute Gasteiger partial charge is 0.300 e. The highest BCUT2D eigenvalue weighted by Gasteiger charge is 2.23. The number of aliphatic imine (C=N–C) groups is 1. The SMILES string of the molecule is O=C1N/C(=N/c2ccccn2)S/C1=C/c1ccc(Cl)cc1. The Morgan fingerprint density at radius 1 is 1.19 bits per heavy atom. The number of carbonyl (C=O) groups is 1. The highest BCUT2D eigenvalue weighted by molar-refractivity contribution is 8.18. The molecule has 1 fully saturated rings. The van der Waals surface area contributed by atoms with Gasteiger partial charge in [-0.1, -0.05) is 29.8 Å². The monoisotopic (exact) mass is 315 g/mol. The fourth-order valence-corrected chi connectivity index (χ4v) is 2.67. The van der Waals surface area contributed by atoms with Crippen molar-refractivity contribution in [3.63, 3.8) is 0 Å². The molecule has 0 atom stereocenters. The maximum atomic E-state index is 11.9. The zero-order chi connectivity index (χ0) is 14.7. The van der Waals surface area contributed by atoms with Gasteiger partial charge in [-0.25, -0.2) is 9.98 Å². The third-order valence-electron chi connectivity index (χ3n) is 2.68. The van der Waals surface area contributed by atoms with E-state index in [-0.39, 0.29) is 5.91 Å². The Balaban J connectivity index is 1.82. The minimum Gasteiger partial charge on any atom is -0.300 e. The zero-order valence-electron chi connectivity index (χ0n) is 10.8. The molecule has 0 radical (unpaired) electrons. The van der Waals surface area contributed by atoms with Crippen LogP contribution in [0.1, 0.15) is 5.56 Å². The summed E-state index contributed by atoms with van der Waals surface area (Å²) >= 11 is 7.13. The molecule has 4 nitrogen and oxygen atoms in total. The van der Waals surface area contributed by atoms with Gasteiger partial charge in [0.1, 0.15) is 0 Å². The number of halogens is 1. The van der Waals surface area contributed by atoms with Crippen LogP contribution >= 0.6 is 23.4 Å². The summed E-state index contributed by atoms with van der Waals surface area (Å²) in [7, 11) is 0. The van der Waals surface area contributed by atoms with E-state index in [2.05, 4.69) is 15.3 Å². The van der Waals surface area contributed by atoms with Crippen LogP contribution in [0.3, 0.4) is 0 Å². The first-order chi connectivity index (χ1) is 10.2. The van der Waals surface area contributed by atoms with Gasteiger partial charge < -0.3 is 5.32 Å². The second-order valence-corrected chi connectivity index (χ2v) is 5.69. The van der Waals surface area contributed by atoms with Crippen LogP contribution in [0.15, 0.2) is 58.6 Å². The molecule has 6 heteroatoms. The molecule has 1 aromatic carbocycles. The van der Waals surface area contributed by atoms with Crippen molar-refractivity contribution in [1.82, 2.24) is 10.3 Å². The number of benzene rings is 1. The lowest BCUT2D eigenvalue weighted by atomic mass is 10.2. The normalized spacial score (nSPS) is 18.2. The molecule has 2 aromatic rings. The summed E-state index contributed by atoms with van der Waals surface area (Å²) in [6, 6.07) is 12.7. The molecule has 1 aliphatic heterocycles. The van der Waals surface area contributed by atoms with Crippen molar-refractivity contribution in [1.29, 1.82) is 0 Å². The number of amidine groups is 1. The fourth-order valence-electron chi connectivity index (χ4n) is 1.71. The van der Waals surface area contributed by atoms with Crippen molar-refractivity contribution in [3.8, 4) is 0 Å². The highest BCUT2D eigenvalue weighted by Crippen LogP contribution is 2.27. The quantitative estimate of drug-likeness (QED) is 0.861. The van der Waals surface area contributed by atoms with Crippen molar-refractivity contribution in [2.45, 2.75) is 0 Å². The van der Waals surface area contributed by atoms with Gasteiger partial charge in [-0.2, -0.15) is 0 Å². The minimum atomic E-state index is -0.162. The maximum absolute atomic E-state index is 11.9. The number of nitrogens with zero attached hydrogens (tertiary/aromatic N) is 2. The summed E-state index contributed by atoms with van der Waals surface area (Å²) in [4.78, 5) is 20.9. The van der Waals surface area contributed by atoms with Crippen LogP contribution in [-0.4, -0.2) is 16.1 Å². The van der Waals surface area contributed by atoms with Crippen LogP contribution in [-0.2, 0) is 4.79 Å². The van der Waals surface area contributed by atoms with E-state index < -0.39 is 0 Å². The van der Waals surface area contributed by atoms with Gasteiger partial charge in [0, 0.05) is 11.2 Å². The summed E-state index contributed by atoms with van der Waals surface area (Å²) in [5.41, 5.74) is 0.913. The summed E-state index contributed by atoms with van der Waals surface area (Å²) < 4.78 is 0. The van der Waals surface area contributed by atoms with Crippen molar-refractivity contribution >= 4 is 46.3 Å². The second kappa shape index (κ2) is 6.11. The third kappa shape index (κ3) is 3.51.